The van der Waals surface area contributed by atoms with E-state index in [0.29, 0.717) is 19.8 Å². The molecule has 0 spiro atoms. The molecule has 96 valence electrons. The van der Waals surface area contributed by atoms with Gasteiger partial charge in [0, 0.05) is 26.0 Å². The molecule has 0 radical (unpaired) electrons. The minimum absolute atomic E-state index is 0.0562. The minimum Gasteiger partial charge on any atom is -0.382 e. The van der Waals surface area contributed by atoms with E-state index in [2.05, 4.69) is 10.3 Å². The lowest BCUT2D eigenvalue weighted by molar-refractivity contribution is 0.0660. The molecule has 0 saturated heterocycles. The maximum atomic E-state index is 13.0. The van der Waals surface area contributed by atoms with Gasteiger partial charge in [0.2, 0.25) is 0 Å². The Morgan fingerprint density at radius 3 is 2.82 bits per heavy atom. The molecule has 1 aromatic rings. The highest BCUT2D eigenvalue weighted by atomic mass is 19.1. The molecule has 0 saturated carbocycles. The summed E-state index contributed by atoms with van der Waals surface area (Å²) in [4.78, 5) is 3.83. The summed E-state index contributed by atoms with van der Waals surface area (Å²) in [6, 6.07) is 1.55. The highest BCUT2D eigenvalue weighted by Crippen LogP contribution is 2.16. The molecule has 5 heteroatoms. The molecule has 0 aliphatic rings. The van der Waals surface area contributed by atoms with Crippen molar-refractivity contribution in [2.75, 3.05) is 34.0 Å². The molecular weight excluding hydrogens is 223 g/mol. The van der Waals surface area contributed by atoms with E-state index in [1.54, 1.807) is 13.3 Å². The summed E-state index contributed by atoms with van der Waals surface area (Å²) in [5.41, 5.74) is 0.836. The van der Waals surface area contributed by atoms with Crippen molar-refractivity contribution >= 4 is 0 Å². The number of ether oxygens (including phenoxy) is 2. The first kappa shape index (κ1) is 14.0. The summed E-state index contributed by atoms with van der Waals surface area (Å²) in [5, 5.41) is 3.12. The summed E-state index contributed by atoms with van der Waals surface area (Å²) in [6.45, 7) is 1.77. The third-order valence-corrected chi connectivity index (χ3v) is 2.46. The van der Waals surface area contributed by atoms with Crippen LogP contribution >= 0.6 is 0 Å². The Labute approximate surface area is 101 Å². The van der Waals surface area contributed by atoms with Gasteiger partial charge in [-0.1, -0.05) is 0 Å². The van der Waals surface area contributed by atoms with Gasteiger partial charge in [-0.2, -0.15) is 0 Å². The lowest BCUT2D eigenvalue weighted by Crippen LogP contribution is -2.19. The zero-order chi connectivity index (χ0) is 12.5. The van der Waals surface area contributed by atoms with Gasteiger partial charge in [-0.05, 0) is 25.1 Å². The monoisotopic (exact) mass is 242 g/mol. The SMILES string of the molecule is CNC(CCOCCOC)c1cncc(F)c1. The zero-order valence-electron chi connectivity index (χ0n) is 10.3. The zero-order valence-corrected chi connectivity index (χ0v) is 10.3. The van der Waals surface area contributed by atoms with Gasteiger partial charge in [0.05, 0.1) is 19.4 Å². The van der Waals surface area contributed by atoms with Crippen LogP contribution in [-0.4, -0.2) is 39.0 Å². The van der Waals surface area contributed by atoms with Crippen LogP contribution in [0.25, 0.3) is 0 Å². The Hall–Kier alpha value is -1.04. The molecule has 0 aliphatic heterocycles. The number of nitrogens with zero attached hydrogens (tertiary/aromatic N) is 1. The summed E-state index contributed by atoms with van der Waals surface area (Å²) in [5.74, 6) is -0.317. The van der Waals surface area contributed by atoms with Gasteiger partial charge in [-0.15, -0.1) is 0 Å². The van der Waals surface area contributed by atoms with E-state index in [9.17, 15) is 4.39 Å². The highest BCUT2D eigenvalue weighted by Gasteiger charge is 2.10. The molecular formula is C12H19FN2O2. The smallest absolute Gasteiger partial charge is 0.141 e. The van der Waals surface area contributed by atoms with Gasteiger partial charge in [-0.3, -0.25) is 4.98 Å². The third-order valence-electron chi connectivity index (χ3n) is 2.46. The van der Waals surface area contributed by atoms with E-state index in [1.165, 1.54) is 12.3 Å². The van der Waals surface area contributed by atoms with Crippen molar-refractivity contribution < 1.29 is 13.9 Å². The van der Waals surface area contributed by atoms with Crippen LogP contribution in [0, 0.1) is 5.82 Å². The van der Waals surface area contributed by atoms with Crippen LogP contribution in [0.15, 0.2) is 18.5 Å². The molecule has 17 heavy (non-hydrogen) atoms. The molecule has 1 heterocycles. The first-order valence-corrected chi connectivity index (χ1v) is 5.62. The predicted octanol–water partition coefficient (Wildman–Crippen LogP) is 1.53. The van der Waals surface area contributed by atoms with Gasteiger partial charge < -0.3 is 14.8 Å². The second kappa shape index (κ2) is 8.11. The first-order chi connectivity index (χ1) is 8.27. The first-order valence-electron chi connectivity index (χ1n) is 5.62. The molecule has 4 nitrogen and oxygen atoms in total. The van der Waals surface area contributed by atoms with Crippen molar-refractivity contribution in [1.82, 2.24) is 10.3 Å². The number of hydrogen-bond acceptors (Lipinski definition) is 4. The fraction of sp³-hybridized carbons (Fsp3) is 0.583. The molecule has 1 unspecified atom stereocenters. The van der Waals surface area contributed by atoms with Crippen molar-refractivity contribution in [3.8, 4) is 0 Å². The number of hydrogen-bond donors (Lipinski definition) is 1. The molecule has 1 rings (SSSR count). The van der Waals surface area contributed by atoms with E-state index in [-0.39, 0.29) is 11.9 Å². The lowest BCUT2D eigenvalue weighted by Gasteiger charge is -2.16. The van der Waals surface area contributed by atoms with E-state index in [0.717, 1.165) is 12.0 Å². The summed E-state index contributed by atoms with van der Waals surface area (Å²) in [7, 11) is 3.48. The minimum atomic E-state index is -0.317. The standard InChI is InChI=1S/C12H19FN2O2/c1-14-12(3-4-17-6-5-16-2)10-7-11(13)9-15-8-10/h7-9,12,14H,3-6H2,1-2H3. The van der Waals surface area contributed by atoms with Crippen molar-refractivity contribution in [3.63, 3.8) is 0 Å². The third kappa shape index (κ3) is 5.21. The summed E-state index contributed by atoms with van der Waals surface area (Å²) in [6.07, 6.45) is 3.63. The molecule has 0 bridgehead atoms. The van der Waals surface area contributed by atoms with Crippen molar-refractivity contribution in [2.45, 2.75) is 12.5 Å². The molecule has 0 fully saturated rings. The van der Waals surface area contributed by atoms with Crippen LogP contribution in [-0.2, 0) is 9.47 Å². The number of halogens is 1. The van der Waals surface area contributed by atoms with Gasteiger partial charge in [0.15, 0.2) is 0 Å². The number of aromatic nitrogens is 1. The summed E-state index contributed by atoms with van der Waals surface area (Å²) >= 11 is 0. The van der Waals surface area contributed by atoms with Crippen LogP contribution in [0.1, 0.15) is 18.0 Å². The molecule has 0 aromatic carbocycles. The molecule has 1 N–H and O–H groups in total. The van der Waals surface area contributed by atoms with E-state index < -0.39 is 0 Å². The molecule has 1 atom stereocenters. The summed E-state index contributed by atoms with van der Waals surface area (Å²) < 4.78 is 23.3. The predicted molar refractivity (Wildman–Crippen MR) is 63.3 cm³/mol. The van der Waals surface area contributed by atoms with Gasteiger partial charge in [-0.25, -0.2) is 4.39 Å². The van der Waals surface area contributed by atoms with Gasteiger partial charge >= 0.3 is 0 Å². The Bertz CT molecular complexity index is 323. The Morgan fingerprint density at radius 2 is 2.18 bits per heavy atom. The number of pyridine rings is 1. The average molecular weight is 242 g/mol. The number of methoxy groups -OCH3 is 1. The van der Waals surface area contributed by atoms with E-state index in [4.69, 9.17) is 9.47 Å². The maximum absolute atomic E-state index is 13.0. The number of nitrogens with one attached hydrogen (secondary N) is 1. The topological polar surface area (TPSA) is 43.4 Å². The van der Waals surface area contributed by atoms with Crippen molar-refractivity contribution in [1.29, 1.82) is 0 Å². The largest absolute Gasteiger partial charge is 0.382 e. The Morgan fingerprint density at radius 1 is 1.35 bits per heavy atom. The van der Waals surface area contributed by atoms with Crippen LogP contribution in [0.5, 0.6) is 0 Å². The molecule has 0 amide bonds. The van der Waals surface area contributed by atoms with E-state index in [1.807, 2.05) is 7.05 Å². The Kier molecular flexibility index (Phi) is 6.69. The van der Waals surface area contributed by atoms with E-state index >= 15 is 0 Å². The van der Waals surface area contributed by atoms with Crippen LogP contribution < -0.4 is 5.32 Å². The second-order valence-corrected chi connectivity index (χ2v) is 3.67. The normalized spacial score (nSPS) is 12.6. The Balaban J connectivity index is 2.38. The molecule has 1 aromatic heterocycles. The average Bonchev–Trinajstić information content (AvgIpc) is 2.34. The van der Waals surface area contributed by atoms with Crippen molar-refractivity contribution in [2.24, 2.45) is 0 Å². The fourth-order valence-corrected chi connectivity index (χ4v) is 1.54. The second-order valence-electron chi connectivity index (χ2n) is 3.67. The number of rotatable bonds is 8. The van der Waals surface area contributed by atoms with Crippen LogP contribution in [0.4, 0.5) is 4.39 Å². The van der Waals surface area contributed by atoms with Gasteiger partial charge in [0.25, 0.3) is 0 Å². The van der Waals surface area contributed by atoms with Crippen LogP contribution in [0.3, 0.4) is 0 Å². The van der Waals surface area contributed by atoms with Gasteiger partial charge in [0.1, 0.15) is 5.82 Å². The van der Waals surface area contributed by atoms with Crippen LogP contribution in [0.2, 0.25) is 0 Å². The van der Waals surface area contributed by atoms with Crippen molar-refractivity contribution in [3.05, 3.63) is 29.8 Å². The molecule has 0 aliphatic carbocycles. The highest BCUT2D eigenvalue weighted by molar-refractivity contribution is 5.14. The fourth-order valence-electron chi connectivity index (χ4n) is 1.54. The quantitative estimate of drug-likeness (QED) is 0.702. The maximum Gasteiger partial charge on any atom is 0.141 e. The lowest BCUT2D eigenvalue weighted by atomic mass is 10.1.